The molecule has 3 N–H and O–H groups in total. The van der Waals surface area contributed by atoms with Gasteiger partial charge < -0.3 is 11.1 Å². The molecule has 0 bridgehead atoms. The molecule has 2 amide bonds. The third-order valence-corrected chi connectivity index (χ3v) is 4.49. The summed E-state index contributed by atoms with van der Waals surface area (Å²) >= 11 is 0. The number of aromatic nitrogens is 1. The molecular formula is C18H21N3O2. The molecule has 2 aliphatic carbocycles. The highest BCUT2D eigenvalue weighted by atomic mass is 16.2. The zero-order valence-electron chi connectivity index (χ0n) is 13.1. The van der Waals surface area contributed by atoms with Crippen LogP contribution in [0.5, 0.6) is 0 Å². The van der Waals surface area contributed by atoms with Gasteiger partial charge in [0.25, 0.3) is 0 Å². The van der Waals surface area contributed by atoms with Crippen molar-refractivity contribution in [2.75, 3.05) is 0 Å². The summed E-state index contributed by atoms with van der Waals surface area (Å²) in [4.78, 5) is 27.4. The molecule has 2 fully saturated rings. The highest BCUT2D eigenvalue weighted by molar-refractivity contribution is 5.92. The molecule has 23 heavy (non-hydrogen) atoms. The van der Waals surface area contributed by atoms with E-state index in [1.165, 1.54) is 12.6 Å². The lowest BCUT2D eigenvalue weighted by atomic mass is 9.81. The monoisotopic (exact) mass is 311 g/mol. The number of nitrogens with zero attached hydrogens (tertiary/aromatic N) is 1. The number of carbonyl (C=O) groups excluding carboxylic acids is 2. The summed E-state index contributed by atoms with van der Waals surface area (Å²) in [5.74, 6) is 6.13. The maximum atomic E-state index is 12.2. The number of carbonyl (C=O) groups is 2. The highest BCUT2D eigenvalue weighted by Crippen LogP contribution is 2.33. The van der Waals surface area contributed by atoms with Crippen molar-refractivity contribution in [2.24, 2.45) is 11.7 Å². The Kier molecular flexibility index (Phi) is 4.33. The number of nitrogens with one attached hydrogen (secondary N) is 1. The molecule has 2 saturated carbocycles. The van der Waals surface area contributed by atoms with Crippen LogP contribution in [0.1, 0.15) is 60.9 Å². The summed E-state index contributed by atoms with van der Waals surface area (Å²) < 4.78 is 0. The van der Waals surface area contributed by atoms with Gasteiger partial charge in [0.05, 0.1) is 5.56 Å². The van der Waals surface area contributed by atoms with E-state index in [1.807, 2.05) is 0 Å². The van der Waals surface area contributed by atoms with Crippen LogP contribution in [0, 0.1) is 17.8 Å². The van der Waals surface area contributed by atoms with Gasteiger partial charge in [-0.05, 0) is 31.7 Å². The lowest BCUT2D eigenvalue weighted by Crippen LogP contribution is -2.49. The lowest BCUT2D eigenvalue weighted by Gasteiger charge is -2.33. The average Bonchev–Trinajstić information content (AvgIpc) is 3.39. The van der Waals surface area contributed by atoms with Crippen LogP contribution in [0.4, 0.5) is 0 Å². The van der Waals surface area contributed by atoms with Crippen LogP contribution in [-0.2, 0) is 4.79 Å². The Morgan fingerprint density at radius 1 is 1.22 bits per heavy atom. The van der Waals surface area contributed by atoms with Crippen LogP contribution in [-0.4, -0.2) is 22.3 Å². The summed E-state index contributed by atoms with van der Waals surface area (Å²) in [6.07, 6.45) is 10.1. The van der Waals surface area contributed by atoms with Crippen LogP contribution in [0.3, 0.4) is 0 Å². The molecule has 2 aliphatic rings. The fraction of sp³-hybridized carbons (Fsp3) is 0.500. The Balaban J connectivity index is 1.82. The molecule has 0 aliphatic heterocycles. The quantitative estimate of drug-likeness (QED) is 0.834. The maximum Gasteiger partial charge on any atom is 0.250 e. The molecule has 3 rings (SSSR count). The molecule has 0 unspecified atom stereocenters. The number of amides is 2. The van der Waals surface area contributed by atoms with Crippen molar-refractivity contribution >= 4 is 11.8 Å². The maximum absolute atomic E-state index is 12.2. The Bertz CT molecular complexity index is 677. The van der Waals surface area contributed by atoms with E-state index in [1.54, 1.807) is 12.3 Å². The van der Waals surface area contributed by atoms with Crippen LogP contribution >= 0.6 is 0 Å². The number of rotatable bonds is 3. The van der Waals surface area contributed by atoms with E-state index >= 15 is 0 Å². The van der Waals surface area contributed by atoms with Crippen molar-refractivity contribution in [2.45, 2.75) is 50.5 Å². The SMILES string of the molecule is NC(=O)c1cncc(C#CC2(NC(=O)C3CC3)CCCCC2)c1. The van der Waals surface area contributed by atoms with Gasteiger partial charge in [-0.25, -0.2) is 0 Å². The number of primary amides is 1. The predicted octanol–water partition coefficient (Wildman–Crippen LogP) is 1.76. The molecule has 5 heteroatoms. The van der Waals surface area contributed by atoms with Crippen LogP contribution in [0.2, 0.25) is 0 Å². The first-order chi connectivity index (χ1) is 11.1. The van der Waals surface area contributed by atoms with Crippen molar-refractivity contribution in [1.82, 2.24) is 10.3 Å². The molecule has 0 atom stereocenters. The lowest BCUT2D eigenvalue weighted by molar-refractivity contribution is -0.123. The van der Waals surface area contributed by atoms with Crippen molar-refractivity contribution in [3.63, 3.8) is 0 Å². The largest absolute Gasteiger partial charge is 0.366 e. The number of nitrogens with two attached hydrogens (primary N) is 1. The van der Waals surface area contributed by atoms with Gasteiger partial charge in [0.15, 0.2) is 0 Å². The normalized spacial score (nSPS) is 19.3. The van der Waals surface area contributed by atoms with Gasteiger partial charge in [0, 0.05) is 23.9 Å². The minimum atomic E-state index is -0.518. The minimum absolute atomic E-state index is 0.130. The van der Waals surface area contributed by atoms with Gasteiger partial charge >= 0.3 is 0 Å². The second-order valence-electron chi connectivity index (χ2n) is 6.48. The van der Waals surface area contributed by atoms with E-state index in [2.05, 4.69) is 22.1 Å². The fourth-order valence-corrected chi connectivity index (χ4v) is 2.95. The van der Waals surface area contributed by atoms with E-state index in [0.29, 0.717) is 11.1 Å². The molecule has 0 aromatic carbocycles. The molecule has 5 nitrogen and oxygen atoms in total. The van der Waals surface area contributed by atoms with E-state index in [4.69, 9.17) is 5.73 Å². The van der Waals surface area contributed by atoms with Crippen LogP contribution in [0.15, 0.2) is 18.5 Å². The van der Waals surface area contributed by atoms with Crippen molar-refractivity contribution in [3.05, 3.63) is 29.6 Å². The fourth-order valence-electron chi connectivity index (χ4n) is 2.95. The molecule has 1 aromatic rings. The first kappa shape index (κ1) is 15.5. The smallest absolute Gasteiger partial charge is 0.250 e. The zero-order chi connectivity index (χ0) is 16.3. The number of pyridine rings is 1. The number of hydrogen-bond donors (Lipinski definition) is 2. The zero-order valence-corrected chi connectivity index (χ0v) is 13.1. The van der Waals surface area contributed by atoms with Crippen molar-refractivity contribution in [3.8, 4) is 11.8 Å². The topological polar surface area (TPSA) is 85.1 Å². The van der Waals surface area contributed by atoms with Gasteiger partial charge in [0.1, 0.15) is 5.54 Å². The standard InChI is InChI=1S/C18H21N3O2/c19-16(22)15-10-13(11-20-12-15)6-9-18(7-2-1-3-8-18)21-17(23)14-4-5-14/h10-12,14H,1-5,7-8H2,(H2,19,22)(H,21,23). The van der Waals surface area contributed by atoms with Crippen molar-refractivity contribution < 1.29 is 9.59 Å². The summed E-state index contributed by atoms with van der Waals surface area (Å²) in [6.45, 7) is 0. The molecule has 120 valence electrons. The number of hydrogen-bond acceptors (Lipinski definition) is 3. The van der Waals surface area contributed by atoms with Crippen molar-refractivity contribution in [1.29, 1.82) is 0 Å². The van der Waals surface area contributed by atoms with E-state index in [9.17, 15) is 9.59 Å². The van der Waals surface area contributed by atoms with E-state index < -0.39 is 11.4 Å². The van der Waals surface area contributed by atoms with E-state index in [0.717, 1.165) is 38.5 Å². The Labute approximate surface area is 136 Å². The van der Waals surface area contributed by atoms with E-state index in [-0.39, 0.29) is 11.8 Å². The van der Waals surface area contributed by atoms with Crippen LogP contribution < -0.4 is 11.1 Å². The molecule has 0 saturated heterocycles. The molecular weight excluding hydrogens is 290 g/mol. The summed E-state index contributed by atoms with van der Waals surface area (Å²) in [6, 6.07) is 1.64. The Morgan fingerprint density at radius 3 is 2.61 bits per heavy atom. The summed E-state index contributed by atoms with van der Waals surface area (Å²) in [5, 5.41) is 3.18. The van der Waals surface area contributed by atoms with Crippen LogP contribution in [0.25, 0.3) is 0 Å². The molecule has 1 heterocycles. The first-order valence-corrected chi connectivity index (χ1v) is 8.18. The van der Waals surface area contributed by atoms with Gasteiger partial charge in [-0.15, -0.1) is 0 Å². The minimum Gasteiger partial charge on any atom is -0.366 e. The second-order valence-corrected chi connectivity index (χ2v) is 6.48. The van der Waals surface area contributed by atoms with Gasteiger partial charge in [-0.2, -0.15) is 0 Å². The molecule has 1 aromatic heterocycles. The second kappa shape index (κ2) is 6.41. The Hall–Kier alpha value is -2.35. The molecule has 0 spiro atoms. The summed E-state index contributed by atoms with van der Waals surface area (Å²) in [7, 11) is 0. The first-order valence-electron chi connectivity index (χ1n) is 8.18. The third kappa shape index (κ3) is 3.89. The van der Waals surface area contributed by atoms with Gasteiger partial charge in [-0.3, -0.25) is 14.6 Å². The predicted molar refractivity (Wildman–Crippen MR) is 86.3 cm³/mol. The molecule has 0 radical (unpaired) electrons. The summed E-state index contributed by atoms with van der Waals surface area (Å²) in [5.41, 5.74) is 5.82. The Morgan fingerprint density at radius 2 is 1.96 bits per heavy atom. The third-order valence-electron chi connectivity index (χ3n) is 4.49. The van der Waals surface area contributed by atoms with Gasteiger partial charge in [-0.1, -0.05) is 31.1 Å². The van der Waals surface area contributed by atoms with Gasteiger partial charge in [0.2, 0.25) is 11.8 Å². The average molecular weight is 311 g/mol. The highest BCUT2D eigenvalue weighted by Gasteiger charge is 2.37.